The molecule has 0 saturated carbocycles. The Hall–Kier alpha value is -2.13. The van der Waals surface area contributed by atoms with E-state index in [0.29, 0.717) is 19.5 Å². The molecule has 0 fully saturated rings. The molecule has 9 heteroatoms. The number of nitrogens with one attached hydrogen (secondary N) is 2. The van der Waals surface area contributed by atoms with E-state index in [-0.39, 0.29) is 5.91 Å². The molecule has 7 nitrogen and oxygen atoms in total. The van der Waals surface area contributed by atoms with Crippen LogP contribution in [-0.2, 0) is 17.8 Å². The van der Waals surface area contributed by atoms with E-state index in [1.54, 1.807) is 29.3 Å². The lowest BCUT2D eigenvalue weighted by molar-refractivity contribution is -0.120. The van der Waals surface area contributed by atoms with Gasteiger partial charge in [0.2, 0.25) is 5.91 Å². The Morgan fingerprint density at radius 1 is 1.25 bits per heavy atom. The Labute approximate surface area is 173 Å². The minimum atomic E-state index is 0.0260. The van der Waals surface area contributed by atoms with Gasteiger partial charge >= 0.3 is 0 Å². The number of carbonyl (C=O) groups is 1. The predicted octanol–water partition coefficient (Wildman–Crippen LogP) is 3.57. The average molecular weight is 419 g/mol. The van der Waals surface area contributed by atoms with Crippen LogP contribution in [0.4, 0.5) is 5.82 Å². The van der Waals surface area contributed by atoms with Crippen molar-refractivity contribution in [2.45, 2.75) is 44.8 Å². The summed E-state index contributed by atoms with van der Waals surface area (Å²) in [5.41, 5.74) is 0.805. The number of aromatic nitrogens is 4. The largest absolute Gasteiger partial charge is 0.369 e. The van der Waals surface area contributed by atoms with Crippen LogP contribution >= 0.6 is 23.1 Å². The Morgan fingerprint density at radius 2 is 2.14 bits per heavy atom. The molecular weight excluding hydrogens is 392 g/mol. The molecule has 3 aromatic heterocycles. The van der Waals surface area contributed by atoms with Gasteiger partial charge in [-0.3, -0.25) is 4.79 Å². The molecule has 0 aromatic carbocycles. The summed E-state index contributed by atoms with van der Waals surface area (Å²) in [5.74, 6) is 1.84. The summed E-state index contributed by atoms with van der Waals surface area (Å²) in [6.07, 6.45) is 4.31. The third-order valence-corrected chi connectivity index (χ3v) is 5.94. The molecule has 0 unspecified atom stereocenters. The van der Waals surface area contributed by atoms with Crippen molar-refractivity contribution >= 4 is 45.9 Å². The van der Waals surface area contributed by atoms with E-state index < -0.39 is 0 Å². The van der Waals surface area contributed by atoms with Crippen molar-refractivity contribution in [2.24, 2.45) is 0 Å². The van der Waals surface area contributed by atoms with Gasteiger partial charge in [-0.2, -0.15) is 5.10 Å². The topological polar surface area (TPSA) is 84.7 Å². The van der Waals surface area contributed by atoms with Crippen molar-refractivity contribution in [1.29, 1.82) is 0 Å². The van der Waals surface area contributed by atoms with Crippen LogP contribution in [0.15, 0.2) is 28.9 Å². The molecular formula is C19H26N6OS2. The number of thioether (sulfide) groups is 1. The molecule has 0 bridgehead atoms. The number of carbonyl (C=O) groups excluding carboxylic acids is 1. The molecule has 28 heavy (non-hydrogen) atoms. The molecule has 3 heterocycles. The molecule has 0 saturated heterocycles. The highest BCUT2D eigenvalue weighted by Crippen LogP contribution is 2.24. The Morgan fingerprint density at radius 3 is 2.89 bits per heavy atom. The van der Waals surface area contributed by atoms with Crippen LogP contribution in [0.5, 0.6) is 0 Å². The average Bonchev–Trinajstić information content (AvgIpc) is 3.34. The molecule has 0 spiro atoms. The molecule has 3 rings (SSSR count). The summed E-state index contributed by atoms with van der Waals surface area (Å²) in [4.78, 5) is 22.5. The fraction of sp³-hybridized carbons (Fsp3) is 0.474. The first kappa shape index (κ1) is 20.6. The summed E-state index contributed by atoms with van der Waals surface area (Å²) >= 11 is 3.25. The van der Waals surface area contributed by atoms with E-state index in [0.717, 1.165) is 52.0 Å². The van der Waals surface area contributed by atoms with Gasteiger partial charge in [-0.1, -0.05) is 31.7 Å². The zero-order valence-electron chi connectivity index (χ0n) is 16.3. The van der Waals surface area contributed by atoms with Gasteiger partial charge in [-0.25, -0.2) is 14.6 Å². The van der Waals surface area contributed by atoms with Gasteiger partial charge in [0.15, 0.2) is 10.8 Å². The number of amides is 1. The molecule has 2 N–H and O–H groups in total. The summed E-state index contributed by atoms with van der Waals surface area (Å²) in [7, 11) is 0. The zero-order chi connectivity index (χ0) is 19.8. The first-order chi connectivity index (χ1) is 13.7. The molecule has 3 aromatic rings. The van der Waals surface area contributed by atoms with E-state index in [9.17, 15) is 4.79 Å². The lowest BCUT2D eigenvalue weighted by Gasteiger charge is -2.09. The van der Waals surface area contributed by atoms with Gasteiger partial charge in [-0.05, 0) is 24.3 Å². The van der Waals surface area contributed by atoms with Gasteiger partial charge in [0.1, 0.15) is 5.82 Å². The monoisotopic (exact) mass is 418 g/mol. The maximum Gasteiger partial charge on any atom is 0.225 e. The second-order valence-electron chi connectivity index (χ2n) is 6.34. The number of anilines is 1. The maximum absolute atomic E-state index is 12.1. The number of thiophene rings is 1. The van der Waals surface area contributed by atoms with Gasteiger partial charge in [-0.15, -0.1) is 11.3 Å². The molecule has 1 amide bonds. The van der Waals surface area contributed by atoms with Gasteiger partial charge in [0.25, 0.3) is 0 Å². The van der Waals surface area contributed by atoms with Crippen LogP contribution in [0.2, 0.25) is 0 Å². The van der Waals surface area contributed by atoms with Crippen molar-refractivity contribution < 1.29 is 4.79 Å². The van der Waals surface area contributed by atoms with Crippen LogP contribution in [0.1, 0.15) is 31.6 Å². The van der Waals surface area contributed by atoms with Gasteiger partial charge < -0.3 is 10.6 Å². The maximum atomic E-state index is 12.1. The molecule has 0 atom stereocenters. The standard InChI is InChI=1S/C19H26N6OS2/c1-3-7-21-17-15-13-22-25(18(15)24-19(23-17)28-10-4-2)9-8-20-16(26)12-14-6-5-11-27-14/h5-6,11,13H,3-4,7-10,12H2,1-2H3,(H,20,26)(H,21,23,24). The Balaban J connectivity index is 1.68. The number of fused-ring (bicyclic) bond motifs is 1. The molecule has 0 aliphatic rings. The van der Waals surface area contributed by atoms with Gasteiger partial charge in [0, 0.05) is 23.7 Å². The van der Waals surface area contributed by atoms with Gasteiger partial charge in [0.05, 0.1) is 24.5 Å². The van der Waals surface area contributed by atoms with E-state index in [2.05, 4.69) is 34.6 Å². The zero-order valence-corrected chi connectivity index (χ0v) is 17.9. The van der Waals surface area contributed by atoms with Crippen molar-refractivity contribution in [1.82, 2.24) is 25.1 Å². The van der Waals surface area contributed by atoms with Crippen molar-refractivity contribution in [2.75, 3.05) is 24.2 Å². The predicted molar refractivity (Wildman–Crippen MR) is 116 cm³/mol. The van der Waals surface area contributed by atoms with E-state index in [1.165, 1.54) is 0 Å². The number of hydrogen-bond acceptors (Lipinski definition) is 7. The van der Waals surface area contributed by atoms with Crippen LogP contribution in [-0.4, -0.2) is 44.5 Å². The summed E-state index contributed by atoms with van der Waals surface area (Å²) in [5, 5.41) is 14.5. The van der Waals surface area contributed by atoms with E-state index in [4.69, 9.17) is 4.98 Å². The second kappa shape index (κ2) is 10.4. The van der Waals surface area contributed by atoms with Crippen LogP contribution in [0, 0.1) is 0 Å². The summed E-state index contributed by atoms with van der Waals surface area (Å²) < 4.78 is 1.84. The highest BCUT2D eigenvalue weighted by molar-refractivity contribution is 7.99. The minimum Gasteiger partial charge on any atom is -0.369 e. The summed E-state index contributed by atoms with van der Waals surface area (Å²) in [6.45, 7) is 6.21. The highest BCUT2D eigenvalue weighted by atomic mass is 32.2. The quantitative estimate of drug-likeness (QED) is 0.366. The molecule has 0 aliphatic heterocycles. The first-order valence-electron chi connectivity index (χ1n) is 9.60. The lowest BCUT2D eigenvalue weighted by atomic mass is 10.3. The van der Waals surface area contributed by atoms with Crippen molar-refractivity contribution in [3.05, 3.63) is 28.6 Å². The number of rotatable bonds is 11. The van der Waals surface area contributed by atoms with Crippen molar-refractivity contribution in [3.8, 4) is 0 Å². The molecule has 0 radical (unpaired) electrons. The fourth-order valence-electron chi connectivity index (χ4n) is 2.67. The van der Waals surface area contributed by atoms with E-state index >= 15 is 0 Å². The van der Waals surface area contributed by atoms with Crippen LogP contribution in [0.25, 0.3) is 11.0 Å². The highest BCUT2D eigenvalue weighted by Gasteiger charge is 2.13. The number of hydrogen-bond donors (Lipinski definition) is 2. The summed E-state index contributed by atoms with van der Waals surface area (Å²) in [6, 6.07) is 3.93. The first-order valence-corrected chi connectivity index (χ1v) is 11.5. The fourth-order valence-corrected chi connectivity index (χ4v) is 4.07. The minimum absolute atomic E-state index is 0.0260. The van der Waals surface area contributed by atoms with E-state index in [1.807, 2.05) is 22.2 Å². The van der Waals surface area contributed by atoms with Crippen LogP contribution < -0.4 is 10.6 Å². The molecule has 0 aliphatic carbocycles. The second-order valence-corrected chi connectivity index (χ2v) is 8.44. The third kappa shape index (κ3) is 5.45. The Bertz CT molecular complexity index is 893. The normalized spacial score (nSPS) is 11.1. The van der Waals surface area contributed by atoms with Crippen molar-refractivity contribution in [3.63, 3.8) is 0 Å². The van der Waals surface area contributed by atoms with Crippen LogP contribution in [0.3, 0.4) is 0 Å². The molecule has 150 valence electrons. The Kier molecular flexibility index (Phi) is 7.67. The smallest absolute Gasteiger partial charge is 0.225 e. The number of nitrogens with zero attached hydrogens (tertiary/aromatic N) is 4. The lowest BCUT2D eigenvalue weighted by Crippen LogP contribution is -2.28. The SMILES string of the molecule is CCCNc1nc(SCCC)nc2c1cnn2CCNC(=O)Cc1cccs1. The third-order valence-electron chi connectivity index (χ3n) is 4.01.